The maximum atomic E-state index is 11.3. The first-order valence-electron chi connectivity index (χ1n) is 7.41. The fourth-order valence-corrected chi connectivity index (χ4v) is 1.83. The van der Waals surface area contributed by atoms with Crippen LogP contribution in [0.15, 0.2) is 48.5 Å². The number of amides is 3. The van der Waals surface area contributed by atoms with Crippen LogP contribution in [-0.2, 0) is 4.74 Å². The Morgan fingerprint density at radius 2 is 1.38 bits per heavy atom. The molecule has 2 aromatic carbocycles. The Kier molecular flexibility index (Phi) is 6.01. The molecule has 2 aromatic rings. The van der Waals surface area contributed by atoms with Crippen molar-refractivity contribution in [2.45, 2.75) is 6.92 Å². The van der Waals surface area contributed by atoms with Crippen molar-refractivity contribution in [3.8, 4) is 11.5 Å². The van der Waals surface area contributed by atoms with Crippen molar-refractivity contribution in [1.82, 2.24) is 5.32 Å². The van der Waals surface area contributed by atoms with E-state index in [9.17, 15) is 9.59 Å². The summed E-state index contributed by atoms with van der Waals surface area (Å²) >= 11 is 0. The van der Waals surface area contributed by atoms with Crippen LogP contribution in [0, 0.1) is 0 Å². The van der Waals surface area contributed by atoms with Gasteiger partial charge < -0.3 is 20.1 Å². The zero-order chi connectivity index (χ0) is 17.4. The SMILES string of the molecule is CCOC(=O)Nc1ccc(Oc2ccc(NC(=O)NC)cc2)cc1. The van der Waals surface area contributed by atoms with Gasteiger partial charge in [0.15, 0.2) is 0 Å². The molecule has 2 rings (SSSR count). The molecule has 0 fully saturated rings. The largest absolute Gasteiger partial charge is 0.457 e. The van der Waals surface area contributed by atoms with Gasteiger partial charge in [-0.1, -0.05) is 0 Å². The molecule has 126 valence electrons. The van der Waals surface area contributed by atoms with E-state index in [0.29, 0.717) is 29.5 Å². The zero-order valence-corrected chi connectivity index (χ0v) is 13.5. The van der Waals surface area contributed by atoms with Gasteiger partial charge in [-0.25, -0.2) is 9.59 Å². The minimum atomic E-state index is -0.495. The standard InChI is InChI=1S/C17H19N3O4/c1-3-23-17(22)20-13-6-10-15(11-7-13)24-14-8-4-12(5-9-14)19-16(21)18-2/h4-11H,3H2,1-2H3,(H,20,22)(H2,18,19,21). The molecule has 3 N–H and O–H groups in total. The van der Waals surface area contributed by atoms with Crippen LogP contribution >= 0.6 is 0 Å². The summed E-state index contributed by atoms with van der Waals surface area (Å²) in [7, 11) is 1.55. The van der Waals surface area contributed by atoms with E-state index in [4.69, 9.17) is 9.47 Å². The molecular formula is C17H19N3O4. The predicted octanol–water partition coefficient (Wildman–Crippen LogP) is 3.80. The fraction of sp³-hybridized carbons (Fsp3) is 0.176. The quantitative estimate of drug-likeness (QED) is 0.778. The van der Waals surface area contributed by atoms with Crippen LogP contribution in [0.4, 0.5) is 21.0 Å². The highest BCUT2D eigenvalue weighted by Gasteiger charge is 2.03. The minimum absolute atomic E-state index is 0.284. The van der Waals surface area contributed by atoms with E-state index in [2.05, 4.69) is 16.0 Å². The molecule has 7 heteroatoms. The lowest BCUT2D eigenvalue weighted by Gasteiger charge is -2.09. The molecule has 0 aliphatic heterocycles. The van der Waals surface area contributed by atoms with Crippen LogP contribution in [0.5, 0.6) is 11.5 Å². The smallest absolute Gasteiger partial charge is 0.411 e. The van der Waals surface area contributed by atoms with Crippen LogP contribution in [0.1, 0.15) is 6.92 Å². The second-order valence-electron chi connectivity index (χ2n) is 4.70. The van der Waals surface area contributed by atoms with E-state index in [0.717, 1.165) is 0 Å². The highest BCUT2D eigenvalue weighted by molar-refractivity contribution is 5.89. The lowest BCUT2D eigenvalue weighted by Crippen LogP contribution is -2.24. The summed E-state index contributed by atoms with van der Waals surface area (Å²) in [6.07, 6.45) is -0.495. The second-order valence-corrected chi connectivity index (χ2v) is 4.70. The van der Waals surface area contributed by atoms with E-state index in [1.807, 2.05) is 0 Å². The molecule has 0 saturated carbocycles. The minimum Gasteiger partial charge on any atom is -0.457 e. The lowest BCUT2D eigenvalue weighted by molar-refractivity contribution is 0.168. The van der Waals surface area contributed by atoms with Crippen molar-refractivity contribution in [2.75, 3.05) is 24.3 Å². The summed E-state index contributed by atoms with van der Waals surface area (Å²) in [6.45, 7) is 2.06. The van der Waals surface area contributed by atoms with E-state index < -0.39 is 6.09 Å². The Hall–Kier alpha value is -3.22. The van der Waals surface area contributed by atoms with E-state index >= 15 is 0 Å². The van der Waals surface area contributed by atoms with Gasteiger partial charge in [0.25, 0.3) is 0 Å². The fourth-order valence-electron chi connectivity index (χ4n) is 1.83. The third-order valence-corrected chi connectivity index (χ3v) is 2.95. The van der Waals surface area contributed by atoms with Crippen molar-refractivity contribution < 1.29 is 19.1 Å². The molecule has 0 heterocycles. The first kappa shape index (κ1) is 17.1. The van der Waals surface area contributed by atoms with Crippen molar-refractivity contribution in [3.63, 3.8) is 0 Å². The number of ether oxygens (including phenoxy) is 2. The second kappa shape index (κ2) is 8.42. The average molecular weight is 329 g/mol. The van der Waals surface area contributed by atoms with Crippen molar-refractivity contribution in [1.29, 1.82) is 0 Å². The Morgan fingerprint density at radius 3 is 1.83 bits per heavy atom. The van der Waals surface area contributed by atoms with Crippen molar-refractivity contribution >= 4 is 23.5 Å². The van der Waals surface area contributed by atoms with Crippen LogP contribution in [0.3, 0.4) is 0 Å². The number of urea groups is 1. The van der Waals surface area contributed by atoms with Gasteiger partial charge in [0.05, 0.1) is 6.61 Å². The predicted molar refractivity (Wildman–Crippen MR) is 91.7 cm³/mol. The molecule has 3 amide bonds. The molecule has 7 nitrogen and oxygen atoms in total. The van der Waals surface area contributed by atoms with E-state index in [1.165, 1.54) is 0 Å². The van der Waals surface area contributed by atoms with Crippen molar-refractivity contribution in [3.05, 3.63) is 48.5 Å². The Bertz CT molecular complexity index is 684. The van der Waals surface area contributed by atoms with Gasteiger partial charge >= 0.3 is 12.1 Å². The Labute approximate surface area is 140 Å². The van der Waals surface area contributed by atoms with Crippen molar-refractivity contribution in [2.24, 2.45) is 0 Å². The maximum absolute atomic E-state index is 11.3. The van der Waals surface area contributed by atoms with Crippen LogP contribution < -0.4 is 20.7 Å². The van der Waals surface area contributed by atoms with Crippen LogP contribution in [0.25, 0.3) is 0 Å². The molecule has 0 unspecified atom stereocenters. The molecule has 0 aliphatic rings. The van der Waals surface area contributed by atoms with Gasteiger partial charge in [-0.15, -0.1) is 0 Å². The molecular weight excluding hydrogens is 310 g/mol. The first-order valence-corrected chi connectivity index (χ1v) is 7.41. The zero-order valence-electron chi connectivity index (χ0n) is 13.5. The lowest BCUT2D eigenvalue weighted by atomic mass is 10.3. The highest BCUT2D eigenvalue weighted by atomic mass is 16.5. The third kappa shape index (κ3) is 5.20. The van der Waals surface area contributed by atoms with Gasteiger partial charge in [-0.3, -0.25) is 5.32 Å². The van der Waals surface area contributed by atoms with Gasteiger partial charge in [0.2, 0.25) is 0 Å². The topological polar surface area (TPSA) is 88.7 Å². The molecule has 0 atom stereocenters. The van der Waals surface area contributed by atoms with E-state index in [1.54, 1.807) is 62.5 Å². The summed E-state index contributed by atoms with van der Waals surface area (Å²) in [6, 6.07) is 13.6. The highest BCUT2D eigenvalue weighted by Crippen LogP contribution is 2.24. The normalized spacial score (nSPS) is 9.75. The molecule has 24 heavy (non-hydrogen) atoms. The molecule has 0 aliphatic carbocycles. The van der Waals surface area contributed by atoms with Crippen LogP contribution in [0.2, 0.25) is 0 Å². The number of nitrogens with one attached hydrogen (secondary N) is 3. The Morgan fingerprint density at radius 1 is 0.875 bits per heavy atom. The average Bonchev–Trinajstić information content (AvgIpc) is 2.58. The number of hydrogen-bond donors (Lipinski definition) is 3. The van der Waals surface area contributed by atoms with Gasteiger partial charge in [0.1, 0.15) is 11.5 Å². The number of rotatable bonds is 5. The summed E-state index contributed by atoms with van der Waals surface area (Å²) in [4.78, 5) is 22.5. The van der Waals surface area contributed by atoms with Crippen LogP contribution in [-0.4, -0.2) is 25.8 Å². The molecule has 0 spiro atoms. The summed E-state index contributed by atoms with van der Waals surface area (Å²) in [5, 5.41) is 7.74. The number of anilines is 2. The number of benzene rings is 2. The van der Waals surface area contributed by atoms with E-state index in [-0.39, 0.29) is 6.03 Å². The Balaban J connectivity index is 1.93. The maximum Gasteiger partial charge on any atom is 0.411 e. The number of hydrogen-bond acceptors (Lipinski definition) is 4. The molecule has 0 saturated heterocycles. The molecule has 0 radical (unpaired) electrons. The number of carbonyl (C=O) groups is 2. The third-order valence-electron chi connectivity index (χ3n) is 2.95. The number of carbonyl (C=O) groups excluding carboxylic acids is 2. The van der Waals surface area contributed by atoms with Gasteiger partial charge in [0, 0.05) is 18.4 Å². The van der Waals surface area contributed by atoms with Gasteiger partial charge in [-0.05, 0) is 55.5 Å². The summed E-state index contributed by atoms with van der Waals surface area (Å²) < 4.78 is 10.5. The monoisotopic (exact) mass is 329 g/mol. The summed E-state index contributed by atoms with van der Waals surface area (Å²) in [5.41, 5.74) is 1.28. The summed E-state index contributed by atoms with van der Waals surface area (Å²) in [5.74, 6) is 1.25. The first-order chi connectivity index (χ1) is 11.6. The van der Waals surface area contributed by atoms with Gasteiger partial charge in [-0.2, -0.15) is 0 Å². The molecule has 0 aromatic heterocycles. The molecule has 0 bridgehead atoms.